The van der Waals surface area contributed by atoms with Gasteiger partial charge in [-0.15, -0.1) is 0 Å². The summed E-state index contributed by atoms with van der Waals surface area (Å²) in [6.45, 7) is 9.53. The highest BCUT2D eigenvalue weighted by atomic mass is 16.6. The van der Waals surface area contributed by atoms with Crippen LogP contribution in [0.15, 0.2) is 0 Å². The van der Waals surface area contributed by atoms with Gasteiger partial charge in [0.15, 0.2) is 30.3 Å². The summed E-state index contributed by atoms with van der Waals surface area (Å²) in [5.74, 6) is -2.47. The first kappa shape index (κ1) is 46.9. The molecule has 2 fully saturated rings. The van der Waals surface area contributed by atoms with Crippen LogP contribution in [0.1, 0.15) is 170 Å². The second kappa shape index (κ2) is 26.6. The van der Waals surface area contributed by atoms with Crippen molar-refractivity contribution < 1.29 is 52.5 Å². The van der Waals surface area contributed by atoms with Crippen LogP contribution in [0.25, 0.3) is 0 Å². The van der Waals surface area contributed by atoms with Crippen molar-refractivity contribution in [3.05, 3.63) is 0 Å². The molecule has 0 aromatic carbocycles. The van der Waals surface area contributed by atoms with Crippen LogP contribution in [0, 0.1) is 0 Å². The lowest BCUT2D eigenvalue weighted by molar-refractivity contribution is -0.238. The van der Waals surface area contributed by atoms with Gasteiger partial charge in [0.25, 0.3) is 0 Å². The number of ether oxygens (including phenoxy) is 5. The molecule has 2 rings (SSSR count). The largest absolute Gasteiger partial charge is 0.456 e. The number of esters is 3. The molecular formula is C41H70N2O11. The Bertz CT molecular complexity index is 1160. The molecule has 0 aliphatic carbocycles. The van der Waals surface area contributed by atoms with Gasteiger partial charge in [-0.25, -0.2) is 4.79 Å². The SMILES string of the molecule is CCCCCCCCCCCCN(C(=O)CCO[C@@H]1C(OC(C)=O)C(OC(C)=O)[C@@H](OC(C)=O)C2COC(=O)N21)C(CCCCCCCCCC)C(C)=O. The van der Waals surface area contributed by atoms with Crippen molar-refractivity contribution in [2.45, 2.75) is 207 Å². The molecule has 0 spiro atoms. The lowest BCUT2D eigenvalue weighted by Gasteiger charge is -2.46. The maximum Gasteiger partial charge on any atom is 0.412 e. The standard InChI is InChI=1S/C41H70N2O11/c1-7-9-11-13-15-17-18-20-22-24-27-42(34(30(3)44)25-23-21-19-16-14-12-10-8-2)36(48)26-28-50-40-39(54-33(6)47)38(53-32(5)46)37(52-31(4)45)35-29-51-41(49)43(35)40/h34-35,37-40H,7-29H2,1-6H3/t34?,35?,37-,38?,39?,40+/m0/s1. The Kier molecular flexibility index (Phi) is 23.1. The number of cyclic esters (lactones) is 1. The van der Waals surface area contributed by atoms with Crippen molar-refractivity contribution in [1.82, 2.24) is 9.80 Å². The van der Waals surface area contributed by atoms with Crippen LogP contribution in [-0.2, 0) is 47.7 Å². The minimum absolute atomic E-state index is 0.0510. The number of carbonyl (C=O) groups excluding carboxylic acids is 6. The lowest BCUT2D eigenvalue weighted by Crippen LogP contribution is -2.68. The zero-order chi connectivity index (χ0) is 39.9. The molecule has 310 valence electrons. The summed E-state index contributed by atoms with van der Waals surface area (Å²) in [7, 11) is 0. The van der Waals surface area contributed by atoms with E-state index in [-0.39, 0.29) is 31.3 Å². The number of rotatable bonds is 29. The van der Waals surface area contributed by atoms with Crippen LogP contribution in [0.3, 0.4) is 0 Å². The zero-order valence-corrected chi connectivity index (χ0v) is 34.1. The number of hydrogen-bond donors (Lipinski definition) is 0. The fraction of sp³-hybridized carbons (Fsp3) is 0.854. The van der Waals surface area contributed by atoms with Crippen molar-refractivity contribution >= 4 is 35.7 Å². The highest BCUT2D eigenvalue weighted by molar-refractivity contribution is 5.87. The Morgan fingerprint density at radius 1 is 0.667 bits per heavy atom. The molecule has 2 heterocycles. The molecule has 13 nitrogen and oxygen atoms in total. The van der Waals surface area contributed by atoms with Gasteiger partial charge in [-0.05, 0) is 19.8 Å². The first-order chi connectivity index (χ1) is 25.9. The maximum atomic E-state index is 14.0. The highest BCUT2D eigenvalue weighted by Crippen LogP contribution is 2.35. The third-order valence-electron chi connectivity index (χ3n) is 10.3. The molecule has 2 aliphatic rings. The number of Topliss-reactive ketones (excluding diaryl/α,β-unsaturated/α-hetero) is 1. The van der Waals surface area contributed by atoms with Crippen molar-refractivity contribution in [1.29, 1.82) is 0 Å². The van der Waals surface area contributed by atoms with Crippen LogP contribution in [0.2, 0.25) is 0 Å². The number of piperidine rings is 1. The van der Waals surface area contributed by atoms with Gasteiger partial charge in [-0.3, -0.25) is 28.9 Å². The average Bonchev–Trinajstić information content (AvgIpc) is 3.49. The van der Waals surface area contributed by atoms with E-state index in [0.29, 0.717) is 13.0 Å². The van der Waals surface area contributed by atoms with Gasteiger partial charge in [0, 0.05) is 27.3 Å². The van der Waals surface area contributed by atoms with E-state index in [2.05, 4.69) is 13.8 Å². The summed E-state index contributed by atoms with van der Waals surface area (Å²) in [5, 5.41) is 0. The van der Waals surface area contributed by atoms with Gasteiger partial charge in [-0.2, -0.15) is 0 Å². The van der Waals surface area contributed by atoms with E-state index in [1.165, 1.54) is 82.5 Å². The number of amides is 2. The predicted molar refractivity (Wildman–Crippen MR) is 203 cm³/mol. The minimum Gasteiger partial charge on any atom is -0.456 e. The zero-order valence-electron chi connectivity index (χ0n) is 34.1. The maximum absolute atomic E-state index is 14.0. The van der Waals surface area contributed by atoms with Crippen molar-refractivity contribution in [2.24, 2.45) is 0 Å². The van der Waals surface area contributed by atoms with E-state index >= 15 is 0 Å². The van der Waals surface area contributed by atoms with E-state index in [1.807, 2.05) is 0 Å². The van der Waals surface area contributed by atoms with Gasteiger partial charge >= 0.3 is 24.0 Å². The molecule has 0 radical (unpaired) electrons. The molecule has 0 bridgehead atoms. The Hall–Kier alpha value is -3.22. The molecule has 54 heavy (non-hydrogen) atoms. The molecule has 13 heteroatoms. The Morgan fingerprint density at radius 2 is 1.13 bits per heavy atom. The molecule has 0 N–H and O–H groups in total. The van der Waals surface area contributed by atoms with Crippen molar-refractivity contribution in [2.75, 3.05) is 19.8 Å². The van der Waals surface area contributed by atoms with Gasteiger partial charge in [0.05, 0.1) is 19.1 Å². The Morgan fingerprint density at radius 3 is 1.63 bits per heavy atom. The number of carbonyl (C=O) groups is 6. The summed E-state index contributed by atoms with van der Waals surface area (Å²) >= 11 is 0. The van der Waals surface area contributed by atoms with Crippen molar-refractivity contribution in [3.8, 4) is 0 Å². The minimum atomic E-state index is -1.39. The molecule has 4 unspecified atom stereocenters. The molecule has 2 aliphatic heterocycles. The quantitative estimate of drug-likeness (QED) is 0.0420. The topological polar surface area (TPSA) is 155 Å². The Labute approximate surface area is 323 Å². The lowest BCUT2D eigenvalue weighted by atomic mass is 9.92. The van der Waals surface area contributed by atoms with Gasteiger partial charge in [0.2, 0.25) is 5.91 Å². The third kappa shape index (κ3) is 16.7. The molecule has 2 saturated heterocycles. The average molecular weight is 767 g/mol. The van der Waals surface area contributed by atoms with E-state index in [0.717, 1.165) is 58.8 Å². The fourth-order valence-electron chi connectivity index (χ4n) is 7.56. The summed E-state index contributed by atoms with van der Waals surface area (Å²) in [6, 6.07) is -1.45. The van der Waals surface area contributed by atoms with Crippen LogP contribution in [-0.4, -0.2) is 102 Å². The molecular weight excluding hydrogens is 696 g/mol. The fourth-order valence-corrected chi connectivity index (χ4v) is 7.56. The van der Waals surface area contributed by atoms with Crippen molar-refractivity contribution in [3.63, 3.8) is 0 Å². The first-order valence-corrected chi connectivity index (χ1v) is 20.8. The summed E-state index contributed by atoms with van der Waals surface area (Å²) in [6.07, 6.45) is 15.0. The predicted octanol–water partition coefficient (Wildman–Crippen LogP) is 7.59. The smallest absolute Gasteiger partial charge is 0.412 e. The molecule has 0 saturated carbocycles. The van der Waals surface area contributed by atoms with E-state index < -0.39 is 60.6 Å². The monoisotopic (exact) mass is 766 g/mol. The normalized spacial score (nSPS) is 21.2. The number of hydrogen-bond acceptors (Lipinski definition) is 11. The Balaban J connectivity index is 2.16. The second-order valence-electron chi connectivity index (χ2n) is 14.9. The highest BCUT2D eigenvalue weighted by Gasteiger charge is 2.60. The number of fused-ring (bicyclic) bond motifs is 1. The van der Waals surface area contributed by atoms with E-state index in [9.17, 15) is 28.8 Å². The second-order valence-corrected chi connectivity index (χ2v) is 14.9. The van der Waals surface area contributed by atoms with E-state index in [4.69, 9.17) is 23.7 Å². The molecule has 6 atom stereocenters. The van der Waals surface area contributed by atoms with Crippen LogP contribution >= 0.6 is 0 Å². The van der Waals surface area contributed by atoms with E-state index in [1.54, 1.807) is 11.8 Å². The summed E-state index contributed by atoms with van der Waals surface area (Å²) in [5.41, 5.74) is 0. The van der Waals surface area contributed by atoms with Crippen LogP contribution in [0.5, 0.6) is 0 Å². The van der Waals surface area contributed by atoms with Crippen LogP contribution < -0.4 is 0 Å². The number of ketones is 1. The molecule has 2 amide bonds. The van der Waals surface area contributed by atoms with Gasteiger partial charge in [0.1, 0.15) is 12.6 Å². The number of unbranched alkanes of at least 4 members (excludes halogenated alkanes) is 16. The van der Waals surface area contributed by atoms with Gasteiger partial charge < -0.3 is 28.6 Å². The van der Waals surface area contributed by atoms with Gasteiger partial charge in [-0.1, -0.05) is 123 Å². The molecule has 0 aromatic heterocycles. The molecule has 0 aromatic rings. The third-order valence-corrected chi connectivity index (χ3v) is 10.3. The number of nitrogens with zero attached hydrogens (tertiary/aromatic N) is 2. The van der Waals surface area contributed by atoms with Crippen LogP contribution in [0.4, 0.5) is 4.79 Å². The first-order valence-electron chi connectivity index (χ1n) is 20.8. The summed E-state index contributed by atoms with van der Waals surface area (Å²) in [4.78, 5) is 79.4. The summed E-state index contributed by atoms with van der Waals surface area (Å²) < 4.78 is 28.0.